The van der Waals surface area contributed by atoms with Gasteiger partial charge in [-0.15, -0.1) is 0 Å². The van der Waals surface area contributed by atoms with Crippen LogP contribution in [-0.4, -0.2) is 31.2 Å². The Morgan fingerprint density at radius 2 is 1.94 bits per heavy atom. The van der Waals surface area contributed by atoms with Crippen LogP contribution in [0, 0.1) is 29.6 Å². The number of nitrogens with one attached hydrogen (secondary N) is 1. The van der Waals surface area contributed by atoms with E-state index in [2.05, 4.69) is 35.7 Å². The number of hydrogen-bond donors (Lipinski definition) is 1. The largest absolute Gasteiger partial charge is 0.462 e. The first-order valence-electron chi connectivity index (χ1n) is 12.2. The standard InChI is InChI=1S/C27H34N2O4S/c1-5-23-17(3)14-25-26(18(4)33-27(25)30)24(23)13-12-21-11-10-20(16-28-21)19-8-7-9-22(15-19)29-34(31,32)6-2/h7-13,15-18,23-26,29H,5-6,14H2,1-4H3/b13-12+/t17?,18-,23?,24?,25?,26?/m1/s1. The Morgan fingerprint density at radius 3 is 2.62 bits per heavy atom. The van der Waals surface area contributed by atoms with Crippen LogP contribution in [0.25, 0.3) is 17.2 Å². The Hall–Kier alpha value is -2.67. The molecule has 1 N–H and O–H groups in total. The van der Waals surface area contributed by atoms with Crippen molar-refractivity contribution in [2.24, 2.45) is 29.6 Å². The van der Waals surface area contributed by atoms with E-state index in [1.54, 1.807) is 13.0 Å². The number of hydrogen-bond acceptors (Lipinski definition) is 5. The van der Waals surface area contributed by atoms with Crippen molar-refractivity contribution >= 4 is 27.8 Å². The second-order valence-electron chi connectivity index (χ2n) is 9.61. The molecular weight excluding hydrogens is 448 g/mol. The van der Waals surface area contributed by atoms with Gasteiger partial charge in [-0.25, -0.2) is 8.42 Å². The summed E-state index contributed by atoms with van der Waals surface area (Å²) in [5.74, 6) is 1.48. The van der Waals surface area contributed by atoms with E-state index in [1.807, 2.05) is 43.5 Å². The monoisotopic (exact) mass is 482 g/mol. The fraction of sp³-hybridized carbons (Fsp3) is 0.481. The quantitative estimate of drug-likeness (QED) is 0.535. The zero-order valence-corrected chi connectivity index (χ0v) is 21.1. The number of carbonyl (C=O) groups is 1. The van der Waals surface area contributed by atoms with Crippen LogP contribution >= 0.6 is 0 Å². The Labute approximate surface area is 202 Å². The van der Waals surface area contributed by atoms with Gasteiger partial charge in [-0.1, -0.05) is 44.5 Å². The molecule has 0 amide bonds. The number of carbonyl (C=O) groups excluding carboxylic acids is 1. The highest BCUT2D eigenvalue weighted by Crippen LogP contribution is 2.50. The van der Waals surface area contributed by atoms with Crippen LogP contribution in [0.5, 0.6) is 0 Å². The second kappa shape index (κ2) is 9.90. The molecule has 2 aliphatic rings. The molecule has 0 bridgehead atoms. The van der Waals surface area contributed by atoms with Gasteiger partial charge in [0.15, 0.2) is 0 Å². The van der Waals surface area contributed by atoms with Crippen LogP contribution < -0.4 is 4.72 Å². The van der Waals surface area contributed by atoms with E-state index in [1.165, 1.54) is 0 Å². The lowest BCUT2D eigenvalue weighted by Gasteiger charge is -2.41. The average Bonchev–Trinajstić information content (AvgIpc) is 3.10. The normalized spacial score (nSPS) is 29.1. The average molecular weight is 483 g/mol. The molecule has 1 aliphatic heterocycles. The van der Waals surface area contributed by atoms with E-state index in [0.29, 0.717) is 17.5 Å². The molecule has 2 fully saturated rings. The van der Waals surface area contributed by atoms with Crippen molar-refractivity contribution in [1.29, 1.82) is 0 Å². The van der Waals surface area contributed by atoms with E-state index in [9.17, 15) is 13.2 Å². The summed E-state index contributed by atoms with van der Waals surface area (Å²) in [7, 11) is -3.33. The summed E-state index contributed by atoms with van der Waals surface area (Å²) >= 11 is 0. The number of fused-ring (bicyclic) bond motifs is 1. The molecular formula is C27H34N2O4S. The van der Waals surface area contributed by atoms with Gasteiger partial charge in [-0.05, 0) is 67.9 Å². The lowest BCUT2D eigenvalue weighted by atomic mass is 9.61. The molecule has 2 aromatic rings. The number of cyclic esters (lactones) is 1. The molecule has 34 heavy (non-hydrogen) atoms. The highest BCUT2D eigenvalue weighted by molar-refractivity contribution is 7.92. The van der Waals surface area contributed by atoms with Crippen molar-refractivity contribution in [3.05, 3.63) is 54.4 Å². The first kappa shape index (κ1) is 24.5. The summed E-state index contributed by atoms with van der Waals surface area (Å²) < 4.78 is 32.0. The number of benzene rings is 1. The van der Waals surface area contributed by atoms with Gasteiger partial charge in [0.1, 0.15) is 6.10 Å². The third-order valence-electron chi connectivity index (χ3n) is 7.50. The Morgan fingerprint density at radius 1 is 1.15 bits per heavy atom. The summed E-state index contributed by atoms with van der Waals surface area (Å²) in [6.45, 7) is 8.11. The maximum absolute atomic E-state index is 12.4. The van der Waals surface area contributed by atoms with Crippen LogP contribution in [0.3, 0.4) is 0 Å². The number of esters is 1. The highest BCUT2D eigenvalue weighted by atomic mass is 32.2. The van der Waals surface area contributed by atoms with E-state index in [0.717, 1.165) is 29.7 Å². The summed E-state index contributed by atoms with van der Waals surface area (Å²) in [6.07, 6.45) is 8.04. The molecule has 7 heteroatoms. The third kappa shape index (κ3) is 5.04. The number of pyridine rings is 1. The van der Waals surface area contributed by atoms with Gasteiger partial charge in [-0.3, -0.25) is 14.5 Å². The smallest absolute Gasteiger partial charge is 0.309 e. The van der Waals surface area contributed by atoms with Crippen LogP contribution in [0.2, 0.25) is 0 Å². The van der Waals surface area contributed by atoms with Gasteiger partial charge >= 0.3 is 5.97 Å². The van der Waals surface area contributed by atoms with E-state index in [-0.39, 0.29) is 35.6 Å². The van der Waals surface area contributed by atoms with Gasteiger partial charge in [0.2, 0.25) is 10.0 Å². The van der Waals surface area contributed by atoms with Crippen molar-refractivity contribution in [2.45, 2.75) is 46.6 Å². The van der Waals surface area contributed by atoms with E-state index < -0.39 is 10.0 Å². The molecule has 1 aromatic carbocycles. The number of allylic oxidation sites excluding steroid dienone is 1. The number of sulfonamides is 1. The molecule has 6 atom stereocenters. The molecule has 4 rings (SSSR count). The maximum Gasteiger partial charge on any atom is 0.309 e. The molecule has 1 aliphatic carbocycles. The van der Waals surface area contributed by atoms with Gasteiger partial charge in [0.05, 0.1) is 17.4 Å². The summed E-state index contributed by atoms with van der Waals surface area (Å²) in [5.41, 5.74) is 3.20. The molecule has 5 unspecified atom stereocenters. The molecule has 182 valence electrons. The summed E-state index contributed by atoms with van der Waals surface area (Å²) in [6, 6.07) is 11.3. The predicted molar refractivity (Wildman–Crippen MR) is 135 cm³/mol. The van der Waals surface area contributed by atoms with Gasteiger partial charge < -0.3 is 4.74 Å². The topological polar surface area (TPSA) is 85.4 Å². The molecule has 2 heterocycles. The number of ether oxygens (including phenoxy) is 1. The van der Waals surface area contributed by atoms with Crippen molar-refractivity contribution in [2.75, 3.05) is 10.5 Å². The number of rotatable bonds is 7. The van der Waals surface area contributed by atoms with Gasteiger partial charge in [0, 0.05) is 23.4 Å². The summed E-state index contributed by atoms with van der Waals surface area (Å²) in [5, 5.41) is 0. The van der Waals surface area contributed by atoms with Crippen molar-refractivity contribution in [1.82, 2.24) is 4.98 Å². The molecule has 1 saturated carbocycles. The lowest BCUT2D eigenvalue weighted by Crippen LogP contribution is -2.40. The number of anilines is 1. The first-order valence-corrected chi connectivity index (χ1v) is 13.8. The Balaban J connectivity index is 1.53. The van der Waals surface area contributed by atoms with Crippen LogP contribution in [0.15, 0.2) is 48.7 Å². The van der Waals surface area contributed by atoms with E-state index in [4.69, 9.17) is 4.74 Å². The Bertz CT molecular complexity index is 1160. The van der Waals surface area contributed by atoms with Crippen LogP contribution in [-0.2, 0) is 19.6 Å². The zero-order chi connectivity index (χ0) is 24.5. The zero-order valence-electron chi connectivity index (χ0n) is 20.3. The first-order chi connectivity index (χ1) is 16.2. The van der Waals surface area contributed by atoms with Crippen molar-refractivity contribution in [3.63, 3.8) is 0 Å². The van der Waals surface area contributed by atoms with Gasteiger partial charge in [0.25, 0.3) is 0 Å². The van der Waals surface area contributed by atoms with Crippen LogP contribution in [0.4, 0.5) is 5.69 Å². The Kier molecular flexibility index (Phi) is 7.12. The number of aromatic nitrogens is 1. The predicted octanol–water partition coefficient (Wildman–Crippen LogP) is 5.38. The second-order valence-corrected chi connectivity index (χ2v) is 11.6. The summed E-state index contributed by atoms with van der Waals surface area (Å²) in [4.78, 5) is 17.0. The third-order valence-corrected chi connectivity index (χ3v) is 8.81. The minimum atomic E-state index is -3.33. The lowest BCUT2D eigenvalue weighted by molar-refractivity contribution is -0.144. The SMILES string of the molecule is CCC1C(C)CC2C(=O)O[C@H](C)C2C1/C=C/c1ccc(-c2cccc(NS(=O)(=O)CC)c2)cn1. The molecule has 1 saturated heterocycles. The highest BCUT2D eigenvalue weighted by Gasteiger charge is 2.52. The van der Waals surface area contributed by atoms with Crippen LogP contribution in [0.1, 0.15) is 46.2 Å². The molecule has 0 radical (unpaired) electrons. The molecule has 6 nitrogen and oxygen atoms in total. The van der Waals surface area contributed by atoms with Crippen molar-refractivity contribution < 1.29 is 17.9 Å². The minimum Gasteiger partial charge on any atom is -0.462 e. The maximum atomic E-state index is 12.4. The molecule has 1 aromatic heterocycles. The van der Waals surface area contributed by atoms with Crippen molar-refractivity contribution in [3.8, 4) is 11.1 Å². The van der Waals surface area contributed by atoms with Gasteiger partial charge in [-0.2, -0.15) is 0 Å². The minimum absolute atomic E-state index is 0.00445. The fourth-order valence-electron chi connectivity index (χ4n) is 5.75. The molecule has 0 spiro atoms. The van der Waals surface area contributed by atoms with E-state index >= 15 is 0 Å². The fourth-order valence-corrected chi connectivity index (χ4v) is 6.38. The number of nitrogens with zero attached hydrogens (tertiary/aromatic N) is 1.